The van der Waals surface area contributed by atoms with Crippen molar-refractivity contribution in [3.05, 3.63) is 0 Å². The van der Waals surface area contributed by atoms with E-state index in [1.165, 1.54) is 154 Å². The summed E-state index contributed by atoms with van der Waals surface area (Å²) in [5.74, 6) is 53.7. The first-order valence-corrected chi connectivity index (χ1v) is 49.0. The lowest BCUT2D eigenvalue weighted by molar-refractivity contribution is -0.255. The van der Waals surface area contributed by atoms with Crippen molar-refractivity contribution in [3.63, 3.8) is 0 Å². The molecular weight excluding hydrogens is 1230 g/mol. The molecule has 0 aromatic heterocycles. The van der Waals surface area contributed by atoms with Crippen LogP contribution in [0.4, 0.5) is 0 Å². The quantitative estimate of drug-likeness (QED) is 0.212. The summed E-state index contributed by atoms with van der Waals surface area (Å²) in [5.41, 5.74) is 4.16. The maximum atomic E-state index is 2.63. The molecule has 0 aromatic rings. The third-order valence-corrected chi connectivity index (χ3v) is 47.7. The van der Waals surface area contributed by atoms with Gasteiger partial charge in [-0.1, -0.05) is 83.1 Å². The summed E-state index contributed by atoms with van der Waals surface area (Å²) in [5, 5.41) is 0. The Morgan fingerprint density at radius 3 is 0.941 bits per heavy atom. The highest BCUT2D eigenvalue weighted by molar-refractivity contribution is 5.23. The molecule has 0 amide bonds. The first-order valence-electron chi connectivity index (χ1n) is 49.0. The van der Waals surface area contributed by atoms with E-state index in [1.54, 1.807) is 244 Å². The molecule has 0 N–H and O–H groups in total. The van der Waals surface area contributed by atoms with Gasteiger partial charge in [-0.25, -0.2) is 0 Å². The van der Waals surface area contributed by atoms with Crippen LogP contribution in [0.5, 0.6) is 0 Å². The zero-order chi connectivity index (χ0) is 68.4. The van der Waals surface area contributed by atoms with Crippen LogP contribution in [0.2, 0.25) is 0 Å². The molecule has 102 heavy (non-hydrogen) atoms. The van der Waals surface area contributed by atoms with E-state index in [4.69, 9.17) is 0 Å². The van der Waals surface area contributed by atoms with Gasteiger partial charge in [0.2, 0.25) is 0 Å². The normalized spacial score (nSPS) is 63.6. The summed E-state index contributed by atoms with van der Waals surface area (Å²) < 4.78 is 0. The van der Waals surface area contributed by atoms with Crippen LogP contribution in [0.1, 0.15) is 327 Å². The van der Waals surface area contributed by atoms with Gasteiger partial charge in [0.05, 0.1) is 0 Å². The Morgan fingerprint density at radius 2 is 0.441 bits per heavy atom. The first-order chi connectivity index (χ1) is 49.0. The molecule has 32 bridgehead atoms. The Morgan fingerprint density at radius 1 is 0.167 bits per heavy atom. The van der Waals surface area contributed by atoms with Crippen molar-refractivity contribution >= 4 is 0 Å². The van der Waals surface area contributed by atoms with Crippen molar-refractivity contribution in [2.75, 3.05) is 0 Å². The van der Waals surface area contributed by atoms with Crippen LogP contribution in [0.3, 0.4) is 0 Å². The third-order valence-electron chi connectivity index (χ3n) is 47.7. The molecule has 37 fully saturated rings. The Hall–Kier alpha value is 0. The highest BCUT2D eigenvalue weighted by Crippen LogP contribution is 2.82. The van der Waals surface area contributed by atoms with Gasteiger partial charge in [-0.3, -0.25) is 0 Å². The van der Waals surface area contributed by atoms with Crippen LogP contribution >= 0.6 is 0 Å². The van der Waals surface area contributed by atoms with Crippen LogP contribution in [0.25, 0.3) is 0 Å². The predicted octanol–water partition coefficient (Wildman–Crippen LogP) is 26.6. The Labute approximate surface area is 627 Å². The molecule has 37 rings (SSSR count). The molecule has 0 nitrogen and oxygen atoms in total. The minimum Gasteiger partial charge on any atom is -0.0596 e. The van der Waals surface area contributed by atoms with Crippen LogP contribution in [0, 0.1) is 305 Å². The molecule has 0 aliphatic heterocycles. The van der Waals surface area contributed by atoms with Crippen molar-refractivity contribution in [3.8, 4) is 0 Å². The van der Waals surface area contributed by atoms with E-state index in [-0.39, 0.29) is 0 Å². The fourth-order valence-corrected chi connectivity index (χ4v) is 46.3. The summed E-state index contributed by atoms with van der Waals surface area (Å²) in [6.07, 6.45) is 61.0. The third kappa shape index (κ3) is 9.00. The van der Waals surface area contributed by atoms with E-state index >= 15 is 0 Å². The van der Waals surface area contributed by atoms with Gasteiger partial charge in [0.25, 0.3) is 0 Å². The van der Waals surface area contributed by atoms with Crippen LogP contribution in [-0.2, 0) is 0 Å². The lowest BCUT2D eigenvalue weighted by Crippen LogP contribution is -2.67. The van der Waals surface area contributed by atoms with Gasteiger partial charge >= 0.3 is 0 Å². The second kappa shape index (κ2) is 22.5. The molecule has 0 spiro atoms. The van der Waals surface area contributed by atoms with Gasteiger partial charge in [0.15, 0.2) is 0 Å². The summed E-state index contributed by atoms with van der Waals surface area (Å²) >= 11 is 0. The molecule has 37 saturated carbocycles. The first kappa shape index (κ1) is 66.6. The smallest absolute Gasteiger partial charge is 0.0292 e. The average Bonchev–Trinajstić information content (AvgIpc) is 1.58. The highest BCUT2D eigenvalue weighted by Gasteiger charge is 2.75. The minimum absolute atomic E-state index is 0.671. The summed E-state index contributed by atoms with van der Waals surface area (Å²) in [6.45, 7) is 31.0. The van der Waals surface area contributed by atoms with Gasteiger partial charge in [-0.05, 0) is 549 Å². The molecule has 37 aliphatic carbocycles. The summed E-state index contributed by atoms with van der Waals surface area (Å²) in [7, 11) is 0. The summed E-state index contributed by atoms with van der Waals surface area (Å²) in [6, 6.07) is 0. The molecular formula is C102H158. The number of fused-ring (bicyclic) bond motifs is 38. The molecule has 0 radical (unpaired) electrons. The van der Waals surface area contributed by atoms with Crippen molar-refractivity contribution < 1.29 is 0 Å². The topological polar surface area (TPSA) is 0 Å². The Bertz CT molecular complexity index is 3200. The van der Waals surface area contributed by atoms with Gasteiger partial charge in [0.1, 0.15) is 0 Å². The van der Waals surface area contributed by atoms with Crippen molar-refractivity contribution in [2.45, 2.75) is 327 Å². The largest absolute Gasteiger partial charge is 0.0596 e. The molecule has 36 atom stereocenters. The molecule has 0 aromatic carbocycles. The van der Waals surface area contributed by atoms with Gasteiger partial charge in [-0.2, -0.15) is 0 Å². The lowest BCUT2D eigenvalue weighted by atomic mass is 9.31. The van der Waals surface area contributed by atoms with E-state index in [9.17, 15) is 0 Å². The fourth-order valence-electron chi connectivity index (χ4n) is 46.3. The molecule has 36 unspecified atom stereocenters. The van der Waals surface area contributed by atoms with Gasteiger partial charge < -0.3 is 0 Å². The highest BCUT2D eigenvalue weighted by atomic mass is 14.8. The maximum absolute atomic E-state index is 2.63. The van der Waals surface area contributed by atoms with Gasteiger partial charge in [0, 0.05) is 0 Å². The zero-order valence-corrected chi connectivity index (χ0v) is 68.4. The lowest BCUT2D eigenvalue weighted by Gasteiger charge is -2.74. The molecule has 0 heteroatoms. The predicted molar refractivity (Wildman–Crippen MR) is 419 cm³/mol. The SMILES string of the molecule is CC1(C)C2CC3C4CC5CC3C1C(C5)C4C2.CC1(C)CC2CC1C1C3CC(C4C5CCC(C5)C34)C21.CC1(C)CC2CC1C1C3CCC(C3)C21.CC1(C)CC2CC1C1C3CCC(CC3)C21.CC1(C)CC2CCC1C1C3CCC(C4C5CCC(CC5)C34)C21.CC1(C)CC2CCC1C1C3CCC(CC3)C21. The van der Waals surface area contributed by atoms with E-state index in [0.29, 0.717) is 32.5 Å². The Balaban J connectivity index is 0.0000000740. The van der Waals surface area contributed by atoms with Gasteiger partial charge in [-0.15, -0.1) is 0 Å². The standard InChI is InChI=1S/C22H34.C19H28.C16H24.C16H26.C15H24.C14H22/c1-22(2)11-14-7-10-17(22)21-16-9-8-15(20(14)21)18-12-3-5-13(6-4-12)19(16)18;1-19(2)8-11-6-14(19)18-13-7-12(17(11)18)15-9-3-4-10(5-9)16(13)15;1-16(2)9-6-11-10-3-8-4-13(11)15(16)14(5-8)12(10)7-9;1-16(2)9-12-7-8-13(16)15-11-5-3-10(4-6-11)14(12)15;1-15(2)8-11-7-12(15)14-10-5-3-9(4-6-10)13(11)14;1-14(2)7-10-6-11(14)13-9-4-3-8(5-9)12(10)13/h12-21H,3-11H2,1-2H3;9-18H,3-8H2,1-2H3;8-15H,3-7H2,1-2H3;10-15H,3-9H2,1-2H3;9-14H,3-8H2,1-2H3;8-13H,3-7H2,1-2H3. The number of hydrogen-bond donors (Lipinski definition) is 0. The van der Waals surface area contributed by atoms with E-state index in [1.807, 2.05) is 0 Å². The van der Waals surface area contributed by atoms with Crippen LogP contribution in [0.15, 0.2) is 0 Å². The van der Waals surface area contributed by atoms with E-state index < -0.39 is 0 Å². The second-order valence-electron chi connectivity index (χ2n) is 52.3. The molecule has 0 saturated heterocycles. The van der Waals surface area contributed by atoms with E-state index in [2.05, 4.69) is 83.1 Å². The number of rotatable bonds is 0. The van der Waals surface area contributed by atoms with Crippen molar-refractivity contribution in [1.82, 2.24) is 0 Å². The average molecular weight is 1380 g/mol. The Kier molecular flexibility index (Phi) is 14.7. The van der Waals surface area contributed by atoms with Crippen LogP contribution in [-0.4, -0.2) is 0 Å². The zero-order valence-electron chi connectivity index (χ0n) is 68.4. The fraction of sp³-hybridized carbons (Fsp3) is 1.00. The molecule has 566 valence electrons. The second-order valence-corrected chi connectivity index (χ2v) is 52.3. The monoisotopic (exact) mass is 1380 g/mol. The van der Waals surface area contributed by atoms with Crippen LogP contribution < -0.4 is 0 Å². The van der Waals surface area contributed by atoms with Crippen molar-refractivity contribution in [2.24, 2.45) is 305 Å². The summed E-state index contributed by atoms with van der Waals surface area (Å²) in [4.78, 5) is 0. The number of hydrogen-bond acceptors (Lipinski definition) is 0. The maximum Gasteiger partial charge on any atom is -0.0292 e. The van der Waals surface area contributed by atoms with E-state index in [0.717, 1.165) is 118 Å². The van der Waals surface area contributed by atoms with Crippen molar-refractivity contribution in [1.29, 1.82) is 0 Å². The molecule has 0 heterocycles. The minimum atomic E-state index is 0.671. The molecule has 37 aliphatic rings.